The van der Waals surface area contributed by atoms with Crippen LogP contribution in [0, 0.1) is 11.8 Å². The van der Waals surface area contributed by atoms with Gasteiger partial charge in [0.05, 0.1) is 13.2 Å². The van der Waals surface area contributed by atoms with E-state index in [1.165, 1.54) is 0 Å². The Kier molecular flexibility index (Phi) is 3.29. The van der Waals surface area contributed by atoms with Crippen molar-refractivity contribution < 1.29 is 17.0 Å². The predicted molar refractivity (Wildman–Crippen MR) is 47.6 cm³/mol. The minimum atomic E-state index is -4.42. The summed E-state index contributed by atoms with van der Waals surface area (Å²) >= 11 is 0. The molecule has 0 amide bonds. The van der Waals surface area contributed by atoms with Crippen LogP contribution in [0.4, 0.5) is 3.89 Å². The van der Waals surface area contributed by atoms with Crippen molar-refractivity contribution in [2.45, 2.75) is 25.5 Å². The first kappa shape index (κ1) is 10.9. The molecule has 1 rings (SSSR count). The summed E-state index contributed by atoms with van der Waals surface area (Å²) in [5.41, 5.74) is 0. The summed E-state index contributed by atoms with van der Waals surface area (Å²) in [6.07, 6.45) is 0.702. The van der Waals surface area contributed by atoms with Crippen molar-refractivity contribution in [3.63, 3.8) is 0 Å². The van der Waals surface area contributed by atoms with Gasteiger partial charge in [0.15, 0.2) is 0 Å². The van der Waals surface area contributed by atoms with Crippen molar-refractivity contribution in [3.8, 4) is 0 Å². The third-order valence-electron chi connectivity index (χ3n) is 2.28. The molecule has 0 aromatic rings. The average molecular weight is 210 g/mol. The van der Waals surface area contributed by atoms with E-state index in [9.17, 15) is 12.3 Å². The fraction of sp³-hybridized carbons (Fsp3) is 1.00. The summed E-state index contributed by atoms with van der Waals surface area (Å²) in [5, 5.41) is -0.935. The van der Waals surface area contributed by atoms with Crippen molar-refractivity contribution in [2.24, 2.45) is 11.8 Å². The number of hydrogen-bond donors (Lipinski definition) is 0. The van der Waals surface area contributed by atoms with E-state index in [-0.39, 0.29) is 12.5 Å². The lowest BCUT2D eigenvalue weighted by Gasteiger charge is -2.15. The van der Waals surface area contributed by atoms with E-state index >= 15 is 0 Å². The van der Waals surface area contributed by atoms with E-state index in [0.717, 1.165) is 0 Å². The summed E-state index contributed by atoms with van der Waals surface area (Å²) < 4.78 is 39.0. The van der Waals surface area contributed by atoms with Crippen molar-refractivity contribution in [1.29, 1.82) is 0 Å². The van der Waals surface area contributed by atoms with Gasteiger partial charge >= 0.3 is 10.2 Å². The molecule has 1 fully saturated rings. The first-order valence-electron chi connectivity index (χ1n) is 4.42. The Morgan fingerprint density at radius 3 is 2.54 bits per heavy atom. The molecule has 1 saturated heterocycles. The van der Waals surface area contributed by atoms with Gasteiger partial charge in [-0.2, -0.15) is 8.42 Å². The molecule has 3 nitrogen and oxygen atoms in total. The van der Waals surface area contributed by atoms with E-state index in [1.54, 1.807) is 0 Å². The second-order valence-corrected chi connectivity index (χ2v) is 5.50. The number of hydrogen-bond acceptors (Lipinski definition) is 3. The third kappa shape index (κ3) is 2.91. The number of halogens is 1. The van der Waals surface area contributed by atoms with Gasteiger partial charge < -0.3 is 4.74 Å². The van der Waals surface area contributed by atoms with Crippen molar-refractivity contribution in [2.75, 3.05) is 13.2 Å². The molecule has 1 aliphatic heterocycles. The molecule has 0 aliphatic carbocycles. The van der Waals surface area contributed by atoms with Gasteiger partial charge in [-0.1, -0.05) is 13.8 Å². The summed E-state index contributed by atoms with van der Waals surface area (Å²) in [6, 6.07) is 0. The summed E-state index contributed by atoms with van der Waals surface area (Å²) in [6.45, 7) is 4.35. The fourth-order valence-corrected chi connectivity index (χ4v) is 2.62. The van der Waals surface area contributed by atoms with Crippen LogP contribution in [-0.4, -0.2) is 26.9 Å². The zero-order valence-electron chi connectivity index (χ0n) is 7.86. The molecule has 0 aromatic carbocycles. The molecular formula is C8H15FO3S. The molecule has 0 radical (unpaired) electrons. The molecule has 0 bridgehead atoms. The van der Waals surface area contributed by atoms with E-state index in [0.29, 0.717) is 18.9 Å². The molecular weight excluding hydrogens is 195 g/mol. The molecule has 2 unspecified atom stereocenters. The first-order valence-corrected chi connectivity index (χ1v) is 5.87. The molecule has 0 N–H and O–H groups in total. The van der Waals surface area contributed by atoms with Crippen LogP contribution < -0.4 is 0 Å². The zero-order chi connectivity index (χ0) is 10.1. The first-order chi connectivity index (χ1) is 5.91. The summed E-state index contributed by atoms with van der Waals surface area (Å²) in [7, 11) is -4.42. The lowest BCUT2D eigenvalue weighted by atomic mass is 9.96. The Balaban J connectivity index is 2.65. The standard InChI is InChI=1S/C8H15FO3S/c1-6(2)3-7-4-12-5-8(7)13(9,10)11/h6-8H,3-5H2,1-2H3. The Morgan fingerprint density at radius 1 is 1.46 bits per heavy atom. The second kappa shape index (κ2) is 3.92. The lowest BCUT2D eigenvalue weighted by Crippen LogP contribution is -2.26. The minimum absolute atomic E-state index is 0.0101. The van der Waals surface area contributed by atoms with E-state index < -0.39 is 15.5 Å². The zero-order valence-corrected chi connectivity index (χ0v) is 8.68. The fourth-order valence-electron chi connectivity index (χ4n) is 1.72. The van der Waals surface area contributed by atoms with Crippen molar-refractivity contribution in [1.82, 2.24) is 0 Å². The highest BCUT2D eigenvalue weighted by molar-refractivity contribution is 7.87. The van der Waals surface area contributed by atoms with Gasteiger partial charge in [0.2, 0.25) is 0 Å². The van der Waals surface area contributed by atoms with Crippen LogP contribution in [0.5, 0.6) is 0 Å². The average Bonchev–Trinajstić information content (AvgIpc) is 2.31. The van der Waals surface area contributed by atoms with Crippen LogP contribution in [0.2, 0.25) is 0 Å². The van der Waals surface area contributed by atoms with Gasteiger partial charge in [-0.3, -0.25) is 0 Å². The lowest BCUT2D eigenvalue weighted by molar-refractivity contribution is 0.181. The highest BCUT2D eigenvalue weighted by Crippen LogP contribution is 2.27. The minimum Gasteiger partial charge on any atom is -0.380 e. The van der Waals surface area contributed by atoms with Gasteiger partial charge in [0, 0.05) is 5.92 Å². The van der Waals surface area contributed by atoms with Gasteiger partial charge in [0.25, 0.3) is 0 Å². The highest BCUT2D eigenvalue weighted by atomic mass is 32.3. The van der Waals surface area contributed by atoms with E-state index in [1.807, 2.05) is 13.8 Å². The summed E-state index contributed by atoms with van der Waals surface area (Å²) in [5.74, 6) is 0.200. The predicted octanol–water partition coefficient (Wildman–Crippen LogP) is 1.35. The van der Waals surface area contributed by atoms with Gasteiger partial charge in [-0.05, 0) is 12.3 Å². The van der Waals surface area contributed by atoms with Gasteiger partial charge in [-0.15, -0.1) is 3.89 Å². The van der Waals surface area contributed by atoms with Crippen LogP contribution in [0.1, 0.15) is 20.3 Å². The van der Waals surface area contributed by atoms with Crippen molar-refractivity contribution in [3.05, 3.63) is 0 Å². The number of ether oxygens (including phenoxy) is 1. The summed E-state index contributed by atoms with van der Waals surface area (Å²) in [4.78, 5) is 0. The van der Waals surface area contributed by atoms with Gasteiger partial charge in [0.1, 0.15) is 5.25 Å². The Bertz CT molecular complexity index is 261. The number of rotatable bonds is 3. The maximum Gasteiger partial charge on any atom is 0.307 e. The molecule has 0 aromatic heterocycles. The largest absolute Gasteiger partial charge is 0.380 e. The van der Waals surface area contributed by atoms with Crippen LogP contribution in [0.3, 0.4) is 0 Å². The Hall–Kier alpha value is -0.160. The monoisotopic (exact) mass is 210 g/mol. The van der Waals surface area contributed by atoms with Crippen LogP contribution in [-0.2, 0) is 15.0 Å². The smallest absolute Gasteiger partial charge is 0.307 e. The molecule has 1 heterocycles. The highest BCUT2D eigenvalue weighted by Gasteiger charge is 2.38. The molecule has 0 saturated carbocycles. The Morgan fingerprint density at radius 2 is 2.08 bits per heavy atom. The molecule has 5 heteroatoms. The van der Waals surface area contributed by atoms with Gasteiger partial charge in [-0.25, -0.2) is 0 Å². The SMILES string of the molecule is CC(C)CC1COCC1S(=O)(=O)F. The van der Waals surface area contributed by atoms with Crippen LogP contribution >= 0.6 is 0 Å². The molecule has 2 atom stereocenters. The molecule has 13 heavy (non-hydrogen) atoms. The second-order valence-electron chi connectivity index (χ2n) is 3.94. The Labute approximate surface area is 78.5 Å². The molecule has 78 valence electrons. The normalized spacial score (nSPS) is 29.8. The third-order valence-corrected chi connectivity index (χ3v) is 3.52. The van der Waals surface area contributed by atoms with Crippen LogP contribution in [0.25, 0.3) is 0 Å². The topological polar surface area (TPSA) is 43.4 Å². The van der Waals surface area contributed by atoms with Crippen LogP contribution in [0.15, 0.2) is 0 Å². The molecule has 1 aliphatic rings. The van der Waals surface area contributed by atoms with Crippen molar-refractivity contribution >= 4 is 10.2 Å². The maximum absolute atomic E-state index is 12.7. The van der Waals surface area contributed by atoms with E-state index in [4.69, 9.17) is 4.74 Å². The van der Waals surface area contributed by atoms with E-state index in [2.05, 4.69) is 0 Å². The quantitative estimate of drug-likeness (QED) is 0.660. The molecule has 0 spiro atoms. The maximum atomic E-state index is 12.7.